The van der Waals surface area contributed by atoms with Crippen molar-refractivity contribution < 1.29 is 9.05 Å². The number of benzene rings is 2. The van der Waals surface area contributed by atoms with Gasteiger partial charge in [0.15, 0.2) is 11.6 Å². The van der Waals surface area contributed by atoms with Gasteiger partial charge in [-0.15, -0.1) is 0 Å². The van der Waals surface area contributed by atoms with E-state index < -0.39 is 0 Å². The second kappa shape index (κ2) is 12.7. The molecule has 4 unspecified atom stereocenters. The quantitative estimate of drug-likeness (QED) is 0.145. The molecule has 4 N–H and O–H groups in total. The molecule has 50 heavy (non-hydrogen) atoms. The number of hydrogen-bond acceptors (Lipinski definition) is 10. The van der Waals surface area contributed by atoms with Crippen LogP contribution in [0, 0.1) is 0 Å². The van der Waals surface area contributed by atoms with Gasteiger partial charge in [-0.05, 0) is 87.4 Å². The molecule has 4 aromatic rings. The molecule has 0 spiro atoms. The highest BCUT2D eigenvalue weighted by Gasteiger charge is 2.52. The van der Waals surface area contributed by atoms with Crippen molar-refractivity contribution in [2.45, 2.75) is 117 Å². The average Bonchev–Trinajstić information content (AvgIpc) is 4.08. The smallest absolute Gasteiger partial charge is 0.231 e. The molecule has 7 atom stereocenters. The zero-order valence-corrected chi connectivity index (χ0v) is 28.9. The molecule has 6 fully saturated rings. The molecule has 10 heteroatoms. The van der Waals surface area contributed by atoms with Gasteiger partial charge in [-0.3, -0.25) is 0 Å². The minimum absolute atomic E-state index is 0.0500. The summed E-state index contributed by atoms with van der Waals surface area (Å²) in [4.78, 5) is 9.89. The second-order valence-electron chi connectivity index (χ2n) is 16.5. The van der Waals surface area contributed by atoms with E-state index in [9.17, 15) is 0 Å². The first-order valence-electron chi connectivity index (χ1n) is 19.4. The number of nitrogens with one attached hydrogen (secondary N) is 4. The third-order valence-electron chi connectivity index (χ3n) is 12.9. The highest BCUT2D eigenvalue weighted by molar-refractivity contribution is 5.34. The Morgan fingerprint density at radius 2 is 1.30 bits per heavy atom. The Bertz CT molecular complexity index is 1780. The maximum atomic E-state index is 5.91. The number of piperidine rings is 2. The van der Waals surface area contributed by atoms with Gasteiger partial charge in [0.2, 0.25) is 11.8 Å². The second-order valence-corrected chi connectivity index (χ2v) is 16.5. The van der Waals surface area contributed by atoms with Crippen LogP contribution in [0.4, 0.5) is 0 Å². The summed E-state index contributed by atoms with van der Waals surface area (Å²) >= 11 is 0. The highest BCUT2D eigenvalue weighted by atomic mass is 16.5. The molecule has 2 aliphatic heterocycles. The van der Waals surface area contributed by atoms with Crippen LogP contribution in [-0.2, 0) is 10.8 Å². The molecule has 0 bridgehead atoms. The van der Waals surface area contributed by atoms with Crippen molar-refractivity contribution in [3.8, 4) is 0 Å². The summed E-state index contributed by atoms with van der Waals surface area (Å²) in [5, 5.41) is 24.0. The first-order valence-corrected chi connectivity index (χ1v) is 19.4. The number of rotatable bonds is 13. The first kappa shape index (κ1) is 31.3. The molecule has 0 radical (unpaired) electrons. The van der Waals surface area contributed by atoms with Crippen LogP contribution in [0.1, 0.15) is 134 Å². The maximum Gasteiger partial charge on any atom is 0.231 e. The average molecular weight is 675 g/mol. The minimum atomic E-state index is 0.0500. The van der Waals surface area contributed by atoms with Gasteiger partial charge >= 0.3 is 0 Å². The lowest BCUT2D eigenvalue weighted by Crippen LogP contribution is -2.32. The molecule has 10 nitrogen and oxygen atoms in total. The molecule has 6 aliphatic rings. The fraction of sp³-hybridized carbons (Fsp3) is 0.600. The Balaban J connectivity index is 0.701. The van der Waals surface area contributed by atoms with Crippen molar-refractivity contribution in [2.24, 2.45) is 0 Å². The van der Waals surface area contributed by atoms with Crippen LogP contribution >= 0.6 is 0 Å². The van der Waals surface area contributed by atoms with Gasteiger partial charge in [0.25, 0.3) is 0 Å². The molecule has 2 aromatic heterocycles. The van der Waals surface area contributed by atoms with Crippen molar-refractivity contribution in [3.05, 3.63) is 94.7 Å². The Hall–Kier alpha value is -3.44. The number of hydrogen-bond donors (Lipinski definition) is 4. The molecule has 262 valence electrons. The van der Waals surface area contributed by atoms with Crippen molar-refractivity contribution in [3.63, 3.8) is 0 Å². The van der Waals surface area contributed by atoms with Crippen molar-refractivity contribution in [1.82, 2.24) is 41.5 Å². The van der Waals surface area contributed by atoms with Gasteiger partial charge in [0.1, 0.15) is 0 Å². The van der Waals surface area contributed by atoms with E-state index in [1.54, 1.807) is 0 Å². The normalized spacial score (nSPS) is 32.0. The maximum absolute atomic E-state index is 5.91. The van der Waals surface area contributed by atoms with Crippen LogP contribution in [-0.4, -0.2) is 65.1 Å². The summed E-state index contributed by atoms with van der Waals surface area (Å²) in [7, 11) is 0. The highest BCUT2D eigenvalue weighted by Crippen LogP contribution is 2.50. The Labute approximate surface area is 294 Å². The first-order chi connectivity index (χ1) is 24.6. The van der Waals surface area contributed by atoms with Gasteiger partial charge in [0, 0.05) is 67.0 Å². The third kappa shape index (κ3) is 6.22. The Morgan fingerprint density at radius 1 is 0.680 bits per heavy atom. The van der Waals surface area contributed by atoms with E-state index in [0.717, 1.165) is 101 Å². The van der Waals surface area contributed by atoms with Crippen molar-refractivity contribution >= 4 is 0 Å². The van der Waals surface area contributed by atoms with Crippen molar-refractivity contribution in [2.75, 3.05) is 32.7 Å². The molecular formula is C40H50N8O2. The monoisotopic (exact) mass is 674 g/mol. The van der Waals surface area contributed by atoms with E-state index in [1.165, 1.54) is 36.0 Å². The Kier molecular flexibility index (Phi) is 7.92. The molecular weight excluding hydrogens is 624 g/mol. The van der Waals surface area contributed by atoms with E-state index >= 15 is 0 Å². The zero-order chi connectivity index (χ0) is 33.1. The standard InChI is InChI=1S/C40H50N8O2/c1-2-6-25(7-3-1)30-19-33(30)43-23-39(13-14-39)38-46-36(50-48-38)29-11-12-32(42-22-29)27-9-4-8-26(18-27)31-20-34(31)44-24-40(15-16-40)37-45-35(49-47-37)28-10-5-17-41-21-28/h1-4,6-9,18,28-34,41-44H,5,10-17,19-24H2/t28-,29+,30?,31?,32?,33?,34+/m1/s1. The van der Waals surface area contributed by atoms with Gasteiger partial charge in [0.05, 0.1) is 11.8 Å². The van der Waals surface area contributed by atoms with E-state index in [-0.39, 0.29) is 16.7 Å². The molecule has 10 rings (SSSR count). The Morgan fingerprint density at radius 3 is 1.90 bits per heavy atom. The van der Waals surface area contributed by atoms with Gasteiger partial charge < -0.3 is 30.3 Å². The van der Waals surface area contributed by atoms with E-state index in [1.807, 2.05) is 0 Å². The molecule has 2 aromatic carbocycles. The topological polar surface area (TPSA) is 126 Å². The molecule has 4 aliphatic carbocycles. The fourth-order valence-corrected chi connectivity index (χ4v) is 8.85. The zero-order valence-electron chi connectivity index (χ0n) is 28.9. The van der Waals surface area contributed by atoms with Crippen LogP contribution in [0.25, 0.3) is 0 Å². The summed E-state index contributed by atoms with van der Waals surface area (Å²) in [6, 6.07) is 21.6. The molecule has 2 saturated heterocycles. The SMILES string of the molecule is c1ccc(C2CC2NCC2(c3noc([C@H]4CCC(c5cccc(C6C[C@@H]6NCC6(c7noc([C@@H]8CCCNC8)n7)CC6)c5)NC4)n3)CC2)cc1. The van der Waals surface area contributed by atoms with Gasteiger partial charge in [-0.2, -0.15) is 9.97 Å². The van der Waals surface area contributed by atoms with Gasteiger partial charge in [-0.1, -0.05) is 64.9 Å². The minimum Gasteiger partial charge on any atom is -0.339 e. The number of aromatic nitrogens is 4. The van der Waals surface area contributed by atoms with E-state index in [4.69, 9.17) is 19.0 Å². The fourth-order valence-electron chi connectivity index (χ4n) is 8.85. The van der Waals surface area contributed by atoms with Crippen LogP contribution in [0.2, 0.25) is 0 Å². The van der Waals surface area contributed by atoms with E-state index in [2.05, 4.69) is 86.2 Å². The predicted molar refractivity (Wildman–Crippen MR) is 189 cm³/mol. The summed E-state index contributed by atoms with van der Waals surface area (Å²) in [6.45, 7) is 4.78. The molecule has 4 saturated carbocycles. The molecule has 0 amide bonds. The lowest BCUT2D eigenvalue weighted by Gasteiger charge is -2.28. The van der Waals surface area contributed by atoms with Crippen LogP contribution < -0.4 is 21.3 Å². The van der Waals surface area contributed by atoms with Gasteiger partial charge in [-0.25, -0.2) is 0 Å². The lowest BCUT2D eigenvalue weighted by atomic mass is 9.90. The summed E-state index contributed by atoms with van der Waals surface area (Å²) in [5.74, 6) is 5.29. The van der Waals surface area contributed by atoms with Crippen LogP contribution in [0.3, 0.4) is 0 Å². The summed E-state index contributed by atoms with van der Waals surface area (Å²) in [5.41, 5.74) is 4.39. The van der Waals surface area contributed by atoms with Crippen LogP contribution in [0.15, 0.2) is 63.6 Å². The lowest BCUT2D eigenvalue weighted by molar-refractivity contribution is 0.293. The third-order valence-corrected chi connectivity index (χ3v) is 12.9. The van der Waals surface area contributed by atoms with Crippen molar-refractivity contribution in [1.29, 1.82) is 0 Å². The van der Waals surface area contributed by atoms with E-state index in [0.29, 0.717) is 35.9 Å². The molecule has 4 heterocycles. The largest absolute Gasteiger partial charge is 0.339 e. The summed E-state index contributed by atoms with van der Waals surface area (Å²) < 4.78 is 11.7. The predicted octanol–water partition coefficient (Wildman–Crippen LogP) is 5.48. The van der Waals surface area contributed by atoms with Crippen LogP contribution in [0.5, 0.6) is 0 Å². The summed E-state index contributed by atoms with van der Waals surface area (Å²) in [6.07, 6.45) is 11.4. The number of nitrogens with zero attached hydrogens (tertiary/aromatic N) is 4.